The zero-order chi connectivity index (χ0) is 17.0. The van der Waals surface area contributed by atoms with Crippen molar-refractivity contribution in [2.45, 2.75) is 5.75 Å². The Hall–Kier alpha value is -3.01. The van der Waals surface area contributed by atoms with Crippen LogP contribution in [0.4, 0.5) is 11.4 Å². The van der Waals surface area contributed by atoms with Crippen molar-refractivity contribution in [3.63, 3.8) is 0 Å². The first-order valence-corrected chi connectivity index (χ1v) is 7.75. The molecule has 0 amide bonds. The van der Waals surface area contributed by atoms with Crippen LogP contribution in [0.25, 0.3) is 0 Å². The molecule has 0 atom stereocenters. The number of hydrogen-bond donors (Lipinski definition) is 0. The van der Waals surface area contributed by atoms with E-state index in [2.05, 4.69) is 0 Å². The van der Waals surface area contributed by atoms with Crippen LogP contribution in [-0.2, 0) is 15.9 Å². The fourth-order valence-electron chi connectivity index (χ4n) is 1.78. The summed E-state index contributed by atoms with van der Waals surface area (Å²) in [7, 11) is -4.21. The van der Waals surface area contributed by atoms with E-state index in [1.807, 2.05) is 0 Å². The Kier molecular flexibility index (Phi) is 4.55. The lowest BCUT2D eigenvalue weighted by Crippen LogP contribution is -2.13. The van der Waals surface area contributed by atoms with Crippen molar-refractivity contribution in [2.75, 3.05) is 0 Å². The second-order valence-corrected chi connectivity index (χ2v) is 6.01. The molecule has 23 heavy (non-hydrogen) atoms. The van der Waals surface area contributed by atoms with Crippen LogP contribution in [0.15, 0.2) is 48.5 Å². The third kappa shape index (κ3) is 4.23. The topological polar surface area (TPSA) is 130 Å². The molecule has 120 valence electrons. The summed E-state index contributed by atoms with van der Waals surface area (Å²) in [5, 5.41) is 21.6. The Morgan fingerprint density at radius 1 is 0.957 bits per heavy atom. The highest BCUT2D eigenvalue weighted by molar-refractivity contribution is 7.86. The van der Waals surface area contributed by atoms with Crippen molar-refractivity contribution in [3.8, 4) is 5.75 Å². The van der Waals surface area contributed by atoms with Crippen molar-refractivity contribution in [1.82, 2.24) is 0 Å². The third-order valence-electron chi connectivity index (χ3n) is 2.75. The minimum atomic E-state index is -4.21. The van der Waals surface area contributed by atoms with Gasteiger partial charge < -0.3 is 4.18 Å². The molecule has 0 bridgehead atoms. The normalized spacial score (nSPS) is 11.0. The van der Waals surface area contributed by atoms with Gasteiger partial charge in [0.25, 0.3) is 5.69 Å². The van der Waals surface area contributed by atoms with E-state index in [1.54, 1.807) is 30.3 Å². The van der Waals surface area contributed by atoms with Gasteiger partial charge in [0.1, 0.15) is 5.75 Å². The van der Waals surface area contributed by atoms with Gasteiger partial charge in [0.2, 0.25) is 5.75 Å². The van der Waals surface area contributed by atoms with Gasteiger partial charge in [-0.15, -0.1) is 0 Å². The standard InChI is InChI=1S/C13H10N2O7S/c16-14(17)11-6-7-12(15(18)19)13(8-11)22-23(20,21)9-10-4-2-1-3-5-10/h1-8H,9H2. The van der Waals surface area contributed by atoms with Crippen LogP contribution in [0.1, 0.15) is 5.56 Å². The second-order valence-electron chi connectivity index (χ2n) is 4.44. The molecule has 2 rings (SSSR count). The summed E-state index contributed by atoms with van der Waals surface area (Å²) in [6, 6.07) is 10.5. The number of rotatable bonds is 6. The highest BCUT2D eigenvalue weighted by atomic mass is 32.2. The van der Waals surface area contributed by atoms with Gasteiger partial charge >= 0.3 is 15.8 Å². The molecule has 10 heteroatoms. The molecule has 0 aliphatic heterocycles. The molecule has 0 saturated heterocycles. The van der Waals surface area contributed by atoms with E-state index >= 15 is 0 Å². The van der Waals surface area contributed by atoms with Gasteiger partial charge in [0.05, 0.1) is 15.9 Å². The molecule has 0 heterocycles. The molecule has 0 aliphatic carbocycles. The highest BCUT2D eigenvalue weighted by Gasteiger charge is 2.25. The van der Waals surface area contributed by atoms with E-state index in [0.717, 1.165) is 12.1 Å². The summed E-state index contributed by atoms with van der Waals surface area (Å²) >= 11 is 0. The Bertz CT molecular complexity index is 850. The third-order valence-corrected chi connectivity index (χ3v) is 3.87. The lowest BCUT2D eigenvalue weighted by atomic mass is 10.2. The molecule has 0 unspecified atom stereocenters. The van der Waals surface area contributed by atoms with E-state index in [9.17, 15) is 28.6 Å². The monoisotopic (exact) mass is 338 g/mol. The molecular weight excluding hydrogens is 328 g/mol. The fraction of sp³-hybridized carbons (Fsp3) is 0.0769. The van der Waals surface area contributed by atoms with Gasteiger partial charge in [-0.1, -0.05) is 30.3 Å². The van der Waals surface area contributed by atoms with Crippen molar-refractivity contribution in [3.05, 3.63) is 74.3 Å². The van der Waals surface area contributed by atoms with Crippen molar-refractivity contribution in [1.29, 1.82) is 0 Å². The van der Waals surface area contributed by atoms with Gasteiger partial charge in [-0.3, -0.25) is 20.2 Å². The lowest BCUT2D eigenvalue weighted by Gasteiger charge is -2.07. The van der Waals surface area contributed by atoms with Gasteiger partial charge in [-0.05, 0) is 5.56 Å². The number of nitrogens with zero attached hydrogens (tertiary/aromatic N) is 2. The maximum absolute atomic E-state index is 12.0. The Morgan fingerprint density at radius 3 is 2.17 bits per heavy atom. The van der Waals surface area contributed by atoms with Crippen molar-refractivity contribution >= 4 is 21.5 Å². The van der Waals surface area contributed by atoms with E-state index in [-0.39, 0.29) is 0 Å². The summed E-state index contributed by atoms with van der Waals surface area (Å²) in [6.45, 7) is 0. The summed E-state index contributed by atoms with van der Waals surface area (Å²) in [5.41, 5.74) is -0.770. The number of benzene rings is 2. The molecule has 0 fully saturated rings. The average molecular weight is 338 g/mol. The van der Waals surface area contributed by atoms with Crippen molar-refractivity contribution in [2.24, 2.45) is 0 Å². The minimum absolute atomic E-state index is 0.417. The zero-order valence-electron chi connectivity index (χ0n) is 11.5. The molecule has 0 saturated carbocycles. The molecule has 0 N–H and O–H groups in total. The number of non-ortho nitro benzene ring substituents is 1. The summed E-state index contributed by atoms with van der Waals surface area (Å²) < 4.78 is 28.7. The quantitative estimate of drug-likeness (QED) is 0.449. The lowest BCUT2D eigenvalue weighted by molar-refractivity contribution is -0.389. The maximum Gasteiger partial charge on any atom is 0.313 e. The fourth-order valence-corrected chi connectivity index (χ4v) is 2.85. The molecule has 2 aromatic carbocycles. The summed E-state index contributed by atoms with van der Waals surface area (Å²) in [4.78, 5) is 19.9. The first-order chi connectivity index (χ1) is 10.8. The molecule has 0 radical (unpaired) electrons. The van der Waals surface area contributed by atoms with Crippen LogP contribution in [0.2, 0.25) is 0 Å². The maximum atomic E-state index is 12.0. The predicted octanol–water partition coefficient (Wildman–Crippen LogP) is 2.41. The zero-order valence-corrected chi connectivity index (χ0v) is 12.3. The van der Waals surface area contributed by atoms with Gasteiger partial charge in [0.15, 0.2) is 0 Å². The second kappa shape index (κ2) is 6.40. The molecule has 0 aliphatic rings. The smallest absolute Gasteiger partial charge is 0.313 e. The van der Waals surface area contributed by atoms with E-state index < -0.39 is 42.8 Å². The summed E-state index contributed by atoms with van der Waals surface area (Å²) in [6.07, 6.45) is 0. The minimum Gasteiger partial charge on any atom is -0.374 e. The van der Waals surface area contributed by atoms with Crippen LogP contribution in [0.5, 0.6) is 5.75 Å². The molecular formula is C13H10N2O7S. The number of hydrogen-bond acceptors (Lipinski definition) is 7. The van der Waals surface area contributed by atoms with Crippen LogP contribution in [0, 0.1) is 20.2 Å². The van der Waals surface area contributed by atoms with Crippen LogP contribution in [0.3, 0.4) is 0 Å². The van der Waals surface area contributed by atoms with Crippen LogP contribution >= 0.6 is 0 Å². The van der Waals surface area contributed by atoms with Gasteiger partial charge in [-0.25, -0.2) is 0 Å². The molecule has 2 aromatic rings. The molecule has 9 nitrogen and oxygen atoms in total. The Balaban J connectivity index is 2.35. The van der Waals surface area contributed by atoms with Gasteiger partial charge in [-0.2, -0.15) is 8.42 Å². The first kappa shape index (κ1) is 16.4. The van der Waals surface area contributed by atoms with E-state index in [1.165, 1.54) is 0 Å². The molecule has 0 aromatic heterocycles. The SMILES string of the molecule is O=[N+]([O-])c1ccc([N+](=O)[O-])c(OS(=O)(=O)Cc2ccccc2)c1. The van der Waals surface area contributed by atoms with E-state index in [0.29, 0.717) is 11.6 Å². The van der Waals surface area contributed by atoms with Crippen LogP contribution in [-0.4, -0.2) is 18.3 Å². The van der Waals surface area contributed by atoms with Gasteiger partial charge in [0, 0.05) is 12.1 Å². The number of nitro benzene ring substituents is 2. The Morgan fingerprint density at radius 2 is 1.61 bits per heavy atom. The molecule has 0 spiro atoms. The van der Waals surface area contributed by atoms with Crippen LogP contribution < -0.4 is 4.18 Å². The van der Waals surface area contributed by atoms with Crippen molar-refractivity contribution < 1.29 is 22.4 Å². The predicted molar refractivity (Wildman–Crippen MR) is 79.4 cm³/mol. The first-order valence-electron chi connectivity index (χ1n) is 6.17. The van der Waals surface area contributed by atoms with E-state index in [4.69, 9.17) is 4.18 Å². The average Bonchev–Trinajstić information content (AvgIpc) is 2.46. The summed E-state index contributed by atoms with van der Waals surface area (Å²) in [5.74, 6) is -1.21. The largest absolute Gasteiger partial charge is 0.374 e. The Labute approximate surface area is 130 Å². The highest BCUT2D eigenvalue weighted by Crippen LogP contribution is 2.32. The number of nitro groups is 2.